The summed E-state index contributed by atoms with van der Waals surface area (Å²) in [6, 6.07) is 11.2. The fraction of sp³-hybridized carbons (Fsp3) is 0.407. The smallest absolute Gasteiger partial charge is 0.408 e. The molecule has 1 saturated heterocycles. The van der Waals surface area contributed by atoms with Crippen LogP contribution in [-0.2, 0) is 62.4 Å². The van der Waals surface area contributed by atoms with E-state index < -0.39 is 48.0 Å². The Hall–Kier alpha value is -8.80. The van der Waals surface area contributed by atoms with Crippen molar-refractivity contribution in [1.82, 2.24) is 41.1 Å². The molecule has 8 amide bonds. The minimum Gasteiger partial charge on any atom is -0.467 e. The number of amides is 8. The Bertz CT molecular complexity index is 2800. The summed E-state index contributed by atoms with van der Waals surface area (Å²) in [4.78, 5) is 131. The number of imide groups is 1. The fourth-order valence-corrected chi connectivity index (χ4v) is 8.51. The molecule has 414 valence electrons. The van der Waals surface area contributed by atoms with E-state index in [4.69, 9.17) is 25.7 Å². The molecule has 2 aromatic carbocycles. The van der Waals surface area contributed by atoms with Gasteiger partial charge in [0, 0.05) is 92.5 Å². The standard InChI is InChI=1S/C54H66N12O12/c1-33(2)47(64-44(68)9-5-4-6-23-66-45(69)18-19-46(66)70)51(72)62-39(8-7-21-58-53(56)74)50(71)60-38-16-12-35(13-17-38)32-78-54(75)63-40(52(73)76-3)28-34-10-14-36(15-11-34)41-31-59-49(55)48(61-41)43(67)29-37-30-57-22-20-42(37)65-24-26-77-27-25-65/h10-20,22,30-31,33,39-40,47H,4-9,21,23-29,32H2,1-3H3,(H2,55,59)(H,60,71)(H,62,72)(H,63,75)(H,64,68)(H3,56,58,74)/t39-,40-,47-/m0/s1. The number of unbranched alkanes of at least 4 members (excludes halogenated alkanes) is 2. The predicted octanol–water partition coefficient (Wildman–Crippen LogP) is 2.89. The van der Waals surface area contributed by atoms with Gasteiger partial charge >= 0.3 is 18.1 Å². The Morgan fingerprint density at radius 3 is 2.19 bits per heavy atom. The molecule has 4 heterocycles. The molecule has 6 rings (SSSR count). The molecule has 24 heteroatoms. The number of hydrogen-bond donors (Lipinski definition) is 7. The van der Waals surface area contributed by atoms with Gasteiger partial charge in [0.1, 0.15) is 30.4 Å². The molecule has 4 aromatic rings. The summed E-state index contributed by atoms with van der Waals surface area (Å²) in [7, 11) is 1.20. The van der Waals surface area contributed by atoms with E-state index in [0.29, 0.717) is 73.6 Å². The number of nitrogen functional groups attached to an aromatic ring is 1. The molecule has 0 bridgehead atoms. The van der Waals surface area contributed by atoms with Crippen LogP contribution in [0, 0.1) is 5.92 Å². The molecule has 1 fully saturated rings. The number of Topliss-reactive ketones (excluding diaryl/α,β-unsaturated/α-hetero) is 1. The number of pyridine rings is 1. The van der Waals surface area contributed by atoms with Crippen LogP contribution in [0.1, 0.15) is 79.6 Å². The van der Waals surface area contributed by atoms with Crippen molar-refractivity contribution < 1.29 is 57.4 Å². The Kier molecular flexibility index (Phi) is 21.7. The predicted molar refractivity (Wildman–Crippen MR) is 285 cm³/mol. The summed E-state index contributed by atoms with van der Waals surface area (Å²) >= 11 is 0. The van der Waals surface area contributed by atoms with Gasteiger partial charge in [-0.1, -0.05) is 56.7 Å². The number of ketones is 1. The van der Waals surface area contributed by atoms with Crippen molar-refractivity contribution in [3.05, 3.63) is 108 Å². The van der Waals surface area contributed by atoms with E-state index >= 15 is 0 Å². The molecule has 3 atom stereocenters. The average Bonchev–Trinajstić information content (AvgIpc) is 3.77. The van der Waals surface area contributed by atoms with E-state index in [2.05, 4.69) is 46.4 Å². The summed E-state index contributed by atoms with van der Waals surface area (Å²) in [6.07, 6.45) is 8.38. The number of hydrogen-bond acceptors (Lipinski definition) is 17. The van der Waals surface area contributed by atoms with Crippen LogP contribution in [0.15, 0.2) is 85.3 Å². The molecule has 0 aliphatic carbocycles. The summed E-state index contributed by atoms with van der Waals surface area (Å²) < 4.78 is 15.9. The van der Waals surface area contributed by atoms with Crippen LogP contribution in [0.25, 0.3) is 11.3 Å². The van der Waals surface area contributed by atoms with E-state index in [1.807, 2.05) is 6.07 Å². The Balaban J connectivity index is 0.989. The average molecular weight is 1080 g/mol. The molecule has 78 heavy (non-hydrogen) atoms. The van der Waals surface area contributed by atoms with E-state index in [0.717, 1.165) is 16.2 Å². The fourth-order valence-electron chi connectivity index (χ4n) is 8.51. The van der Waals surface area contributed by atoms with E-state index in [1.165, 1.54) is 25.5 Å². The van der Waals surface area contributed by atoms with Gasteiger partial charge in [-0.05, 0) is 60.9 Å². The molecule has 24 nitrogen and oxygen atoms in total. The Labute approximate surface area is 450 Å². The van der Waals surface area contributed by atoms with Gasteiger partial charge in [-0.2, -0.15) is 0 Å². The molecule has 0 radical (unpaired) electrons. The maximum absolute atomic E-state index is 13.7. The number of urea groups is 1. The summed E-state index contributed by atoms with van der Waals surface area (Å²) in [5.74, 6) is -3.70. The quantitative estimate of drug-likeness (QED) is 0.0195. The van der Waals surface area contributed by atoms with Crippen molar-refractivity contribution >= 4 is 70.6 Å². The first-order valence-corrected chi connectivity index (χ1v) is 25.6. The number of carbonyl (C=O) groups excluding carboxylic acids is 9. The maximum Gasteiger partial charge on any atom is 0.408 e. The van der Waals surface area contributed by atoms with Crippen LogP contribution in [-0.4, -0.2) is 138 Å². The lowest BCUT2D eigenvalue weighted by atomic mass is 10.0. The lowest BCUT2D eigenvalue weighted by Crippen LogP contribution is -2.54. The normalized spacial score (nSPS) is 14.3. The number of nitrogens with zero attached hydrogens (tertiary/aromatic N) is 5. The number of nitrogens with one attached hydrogen (secondary N) is 5. The van der Waals surface area contributed by atoms with Crippen LogP contribution < -0.4 is 43.0 Å². The van der Waals surface area contributed by atoms with Crippen molar-refractivity contribution in [2.75, 3.05) is 62.5 Å². The number of aromatic nitrogens is 3. The van der Waals surface area contributed by atoms with Crippen molar-refractivity contribution in [3.8, 4) is 11.3 Å². The number of nitrogens with two attached hydrogens (primary N) is 2. The van der Waals surface area contributed by atoms with Crippen molar-refractivity contribution in [1.29, 1.82) is 0 Å². The number of anilines is 3. The highest BCUT2D eigenvalue weighted by Crippen LogP contribution is 2.25. The van der Waals surface area contributed by atoms with Crippen LogP contribution >= 0.6 is 0 Å². The highest BCUT2D eigenvalue weighted by atomic mass is 16.6. The first-order chi connectivity index (χ1) is 37.5. The number of rotatable bonds is 27. The molecule has 2 aliphatic rings. The van der Waals surface area contributed by atoms with Gasteiger partial charge in [0.2, 0.25) is 17.7 Å². The maximum atomic E-state index is 13.7. The zero-order valence-electron chi connectivity index (χ0n) is 43.8. The van der Waals surface area contributed by atoms with Gasteiger partial charge in [0.25, 0.3) is 11.8 Å². The Morgan fingerprint density at radius 2 is 1.51 bits per heavy atom. The van der Waals surface area contributed by atoms with E-state index in [-0.39, 0.29) is 92.7 Å². The van der Waals surface area contributed by atoms with Gasteiger partial charge in [-0.15, -0.1) is 0 Å². The number of methoxy groups -OCH3 is 1. The molecule has 2 aliphatic heterocycles. The van der Waals surface area contributed by atoms with Gasteiger partial charge in [-0.25, -0.2) is 24.4 Å². The number of ether oxygens (including phenoxy) is 3. The van der Waals surface area contributed by atoms with Crippen LogP contribution in [0.2, 0.25) is 0 Å². The molecule has 0 saturated carbocycles. The number of alkyl carbamates (subject to hydrolysis) is 1. The SMILES string of the molecule is COC(=O)[C@H](Cc1ccc(-c2cnc(N)c(C(=O)Cc3cnccc3N3CCOCC3)n2)cc1)NC(=O)OCc1ccc(NC(=O)[C@H](CCCNC(N)=O)NC(=O)[C@@H](NC(=O)CCCCCN2C(=O)C=CC2=O)C(C)C)cc1. The first kappa shape index (κ1) is 58.5. The zero-order chi connectivity index (χ0) is 56.1. The second-order valence-corrected chi connectivity index (χ2v) is 18.8. The third-order valence-electron chi connectivity index (χ3n) is 12.8. The van der Waals surface area contributed by atoms with Crippen molar-refractivity contribution in [3.63, 3.8) is 0 Å². The minimum atomic E-state index is -1.13. The molecule has 0 spiro atoms. The molecular weight excluding hydrogens is 1010 g/mol. The number of primary amides is 1. The third-order valence-corrected chi connectivity index (χ3v) is 12.8. The molecule has 9 N–H and O–H groups in total. The summed E-state index contributed by atoms with van der Waals surface area (Å²) in [5.41, 5.74) is 15.6. The van der Waals surface area contributed by atoms with Crippen molar-refractivity contribution in [2.24, 2.45) is 11.7 Å². The van der Waals surface area contributed by atoms with Gasteiger partial charge in [0.15, 0.2) is 11.6 Å². The van der Waals surface area contributed by atoms with Gasteiger partial charge < -0.3 is 57.2 Å². The lowest BCUT2D eigenvalue weighted by molar-refractivity contribution is -0.143. The van der Waals surface area contributed by atoms with Crippen LogP contribution in [0.5, 0.6) is 0 Å². The minimum absolute atomic E-state index is 0.00741. The number of benzene rings is 2. The first-order valence-electron chi connectivity index (χ1n) is 25.6. The number of esters is 1. The third kappa shape index (κ3) is 17.4. The number of carbonyl (C=O) groups is 9. The molecular formula is C54H66N12O12. The van der Waals surface area contributed by atoms with E-state index in [1.54, 1.807) is 74.8 Å². The monoisotopic (exact) mass is 1070 g/mol. The Morgan fingerprint density at radius 1 is 0.808 bits per heavy atom. The summed E-state index contributed by atoms with van der Waals surface area (Å²) in [5, 5.41) is 13.3. The van der Waals surface area contributed by atoms with Crippen molar-refractivity contribution in [2.45, 2.75) is 89.9 Å². The molecule has 2 aromatic heterocycles. The summed E-state index contributed by atoms with van der Waals surface area (Å²) in [6.45, 7) is 6.19. The highest BCUT2D eigenvalue weighted by Gasteiger charge is 2.30. The largest absolute Gasteiger partial charge is 0.467 e. The van der Waals surface area contributed by atoms with Crippen LogP contribution in [0.4, 0.5) is 26.8 Å². The lowest BCUT2D eigenvalue weighted by Gasteiger charge is -2.30. The topological polar surface area (TPSA) is 339 Å². The highest BCUT2D eigenvalue weighted by molar-refractivity contribution is 6.12. The second kappa shape index (κ2) is 28.9. The second-order valence-electron chi connectivity index (χ2n) is 18.8. The van der Waals surface area contributed by atoms with Crippen LogP contribution in [0.3, 0.4) is 0 Å². The van der Waals surface area contributed by atoms with Gasteiger partial charge in [-0.3, -0.25) is 38.7 Å². The number of morpholine rings is 1. The van der Waals surface area contributed by atoms with E-state index in [9.17, 15) is 43.2 Å². The zero-order valence-corrected chi connectivity index (χ0v) is 43.8. The molecule has 0 unspecified atom stereocenters. The van der Waals surface area contributed by atoms with Gasteiger partial charge in [0.05, 0.1) is 32.2 Å².